The molecule has 5 heteroatoms. The first-order valence-electron chi connectivity index (χ1n) is 12.3. The molecule has 1 atom stereocenters. The van der Waals surface area contributed by atoms with Crippen molar-refractivity contribution in [3.63, 3.8) is 0 Å². The minimum atomic E-state index is -0.451. The summed E-state index contributed by atoms with van der Waals surface area (Å²) in [5.74, 6) is 0.938. The second-order valence-electron chi connectivity index (χ2n) is 10.0. The molecule has 182 valence electrons. The molecular weight excluding hydrogens is 611 g/mol. The van der Waals surface area contributed by atoms with E-state index in [1.54, 1.807) is 0 Å². The molecule has 3 aliphatic rings. The molecule has 3 nitrogen and oxygen atoms in total. The third-order valence-corrected chi connectivity index (χ3v) is 9.85. The third-order valence-electron chi connectivity index (χ3n) is 7.25. The van der Waals surface area contributed by atoms with Crippen LogP contribution < -0.4 is 14.7 Å². The first-order valence-corrected chi connectivity index (χ1v) is 16.1. The van der Waals surface area contributed by atoms with Crippen LogP contribution in [0.15, 0.2) is 42.5 Å². The molecule has 33 heavy (non-hydrogen) atoms. The zero-order valence-corrected chi connectivity index (χ0v) is 23.0. The van der Waals surface area contributed by atoms with Crippen LogP contribution in [0.4, 0.5) is 17.1 Å². The van der Waals surface area contributed by atoms with Crippen LogP contribution in [0.5, 0.6) is 0 Å². The summed E-state index contributed by atoms with van der Waals surface area (Å²) in [6, 6.07) is 13.9. The van der Waals surface area contributed by atoms with Crippen LogP contribution in [-0.4, -0.2) is 29.6 Å². The monoisotopic (exact) mass is 645 g/mol. The van der Waals surface area contributed by atoms with Crippen molar-refractivity contribution in [1.82, 2.24) is 0 Å². The number of anilines is 3. The molecule has 0 aromatic heterocycles. The second kappa shape index (κ2) is 9.62. The molecule has 1 unspecified atom stereocenters. The Kier molecular flexibility index (Phi) is 6.77. The molecule has 0 spiro atoms. The predicted molar refractivity (Wildman–Crippen MR) is 141 cm³/mol. The van der Waals surface area contributed by atoms with Crippen LogP contribution in [-0.2, 0) is 18.2 Å². The van der Waals surface area contributed by atoms with Gasteiger partial charge in [-0.05, 0) is 0 Å². The maximum atomic E-state index is 6.80. The molecule has 2 saturated heterocycles. The van der Waals surface area contributed by atoms with E-state index in [1.807, 2.05) is 0 Å². The van der Waals surface area contributed by atoms with E-state index in [0.717, 1.165) is 19.8 Å². The van der Waals surface area contributed by atoms with E-state index in [0.29, 0.717) is 11.8 Å². The Morgan fingerprint density at radius 3 is 2.18 bits per heavy atom. The second-order valence-corrected chi connectivity index (χ2v) is 12.5. The average molecular weight is 646 g/mol. The van der Waals surface area contributed by atoms with Gasteiger partial charge in [0.1, 0.15) is 0 Å². The summed E-state index contributed by atoms with van der Waals surface area (Å²) < 4.78 is 1.39. The minimum absolute atomic E-state index is 0.253. The van der Waals surface area contributed by atoms with E-state index in [1.165, 1.54) is 56.9 Å². The molecule has 2 aromatic carbocycles. The molecule has 0 aliphatic carbocycles. The van der Waals surface area contributed by atoms with Gasteiger partial charge in [0.25, 0.3) is 0 Å². The van der Waals surface area contributed by atoms with Crippen LogP contribution in [0.25, 0.3) is 6.08 Å². The van der Waals surface area contributed by atoms with Crippen LogP contribution in [0.3, 0.4) is 0 Å². The predicted octanol–water partition coefficient (Wildman–Crippen LogP) is 6.97. The van der Waals surface area contributed by atoms with E-state index in [2.05, 4.69) is 90.9 Å². The Balaban J connectivity index is 1.62. The molecule has 0 saturated carbocycles. The van der Waals surface area contributed by atoms with E-state index < -0.39 is 18.2 Å². The van der Waals surface area contributed by atoms with E-state index in [-0.39, 0.29) is 6.04 Å². The number of nitrogens with zero attached hydrogens (tertiary/aromatic N) is 3. The fourth-order valence-electron chi connectivity index (χ4n) is 5.60. The number of hydrogen-bond acceptors (Lipinski definition) is 3. The van der Waals surface area contributed by atoms with Crippen molar-refractivity contribution < 1.29 is 18.2 Å². The Labute approximate surface area is 212 Å². The molecular formula is C28H35AuClN3-2. The summed E-state index contributed by atoms with van der Waals surface area (Å²) in [5, 5.41) is 0. The molecule has 3 heterocycles. The Morgan fingerprint density at radius 1 is 0.879 bits per heavy atom. The van der Waals surface area contributed by atoms with Crippen molar-refractivity contribution in [2.75, 3.05) is 34.5 Å². The summed E-state index contributed by atoms with van der Waals surface area (Å²) >= 11 is -0.451. The number of halogens is 1. The van der Waals surface area contributed by atoms with Gasteiger partial charge in [-0.25, -0.2) is 0 Å². The number of para-hydroxylation sites is 2. The van der Waals surface area contributed by atoms with Crippen LogP contribution >= 0.6 is 9.19 Å². The van der Waals surface area contributed by atoms with E-state index >= 15 is 0 Å². The number of benzene rings is 2. The molecule has 5 rings (SSSR count). The summed E-state index contributed by atoms with van der Waals surface area (Å²) in [6.07, 6.45) is 8.64. The van der Waals surface area contributed by atoms with Gasteiger partial charge >= 0.3 is 213 Å². The molecule has 0 bridgehead atoms. The molecule has 0 N–H and O–H groups in total. The van der Waals surface area contributed by atoms with Crippen LogP contribution in [0, 0.1) is 0 Å². The van der Waals surface area contributed by atoms with Gasteiger partial charge in [0.2, 0.25) is 0 Å². The number of hydrogen-bond donors (Lipinski definition) is 0. The van der Waals surface area contributed by atoms with E-state index in [9.17, 15) is 0 Å². The Hall–Kier alpha value is -1.52. The first-order chi connectivity index (χ1) is 16.0. The Bertz CT molecular complexity index is 1060. The SMILES string of the molecule is CC(C)c1cccc(C(C)C)c1N1CN2c3c(cccc3N3CCCCC3)C=CC2[C]1=[Au-2][Cl]. The van der Waals surface area contributed by atoms with Crippen molar-refractivity contribution in [3.8, 4) is 0 Å². The van der Waals surface area contributed by atoms with Gasteiger partial charge in [-0.1, -0.05) is 0 Å². The molecule has 3 aliphatic heterocycles. The third kappa shape index (κ3) is 4.12. The van der Waals surface area contributed by atoms with Crippen molar-refractivity contribution >= 4 is 36.2 Å². The summed E-state index contributed by atoms with van der Waals surface area (Å²) in [4.78, 5) is 7.81. The maximum absolute atomic E-state index is 6.80. The van der Waals surface area contributed by atoms with Gasteiger partial charge in [0.05, 0.1) is 0 Å². The van der Waals surface area contributed by atoms with Crippen molar-refractivity contribution in [1.29, 1.82) is 0 Å². The summed E-state index contributed by atoms with van der Waals surface area (Å²) in [7, 11) is 6.80. The first kappa shape index (κ1) is 23.2. The van der Waals surface area contributed by atoms with Gasteiger partial charge in [-0.15, -0.1) is 0 Å². The molecule has 2 fully saturated rings. The Morgan fingerprint density at radius 2 is 1.55 bits per heavy atom. The van der Waals surface area contributed by atoms with E-state index in [4.69, 9.17) is 9.19 Å². The number of rotatable bonds is 4. The van der Waals surface area contributed by atoms with Gasteiger partial charge in [0.15, 0.2) is 0 Å². The molecule has 0 radical (unpaired) electrons. The topological polar surface area (TPSA) is 9.72 Å². The van der Waals surface area contributed by atoms with Crippen LogP contribution in [0.2, 0.25) is 0 Å². The normalized spacial score (nSPS) is 21.8. The quantitative estimate of drug-likeness (QED) is 0.333. The fraction of sp³-hybridized carbons (Fsp3) is 0.464. The van der Waals surface area contributed by atoms with Gasteiger partial charge < -0.3 is 0 Å². The zero-order valence-electron chi connectivity index (χ0n) is 20.1. The van der Waals surface area contributed by atoms with Crippen LogP contribution in [0.1, 0.15) is 75.5 Å². The summed E-state index contributed by atoms with van der Waals surface area (Å²) in [6.45, 7) is 12.4. The van der Waals surface area contributed by atoms with Gasteiger partial charge in [0, 0.05) is 0 Å². The number of fused-ring (bicyclic) bond motifs is 3. The summed E-state index contributed by atoms with van der Waals surface area (Å²) in [5.41, 5.74) is 8.39. The van der Waals surface area contributed by atoms with Gasteiger partial charge in [-0.2, -0.15) is 0 Å². The standard InChI is InChI=1S/C28H35N3.Au.ClH/c1-20(2)24-11-9-12-25(21(3)4)28(24)30-18-23-15-14-22-10-8-13-26(27(22)31(23)19-30)29-16-6-5-7-17-29;;/h8-15,20-21,23H,5-7,16-17,19H2,1-4H3;;1H/q;-1;/p-1. The van der Waals surface area contributed by atoms with Crippen molar-refractivity contribution in [2.24, 2.45) is 0 Å². The van der Waals surface area contributed by atoms with Gasteiger partial charge in [-0.3, -0.25) is 0 Å². The zero-order chi connectivity index (χ0) is 23.1. The fourth-order valence-corrected chi connectivity index (χ4v) is 8.06. The number of piperidine rings is 1. The molecule has 2 aromatic rings. The molecule has 0 amide bonds. The van der Waals surface area contributed by atoms with Crippen molar-refractivity contribution in [2.45, 2.75) is 64.8 Å². The average Bonchev–Trinajstić information content (AvgIpc) is 3.22. The van der Waals surface area contributed by atoms with Crippen molar-refractivity contribution in [3.05, 3.63) is 59.2 Å².